The highest BCUT2D eigenvalue weighted by molar-refractivity contribution is 5.90. The van der Waals surface area contributed by atoms with Gasteiger partial charge in [0, 0.05) is 28.7 Å². The van der Waals surface area contributed by atoms with E-state index in [1.165, 1.54) is 12.1 Å². The van der Waals surface area contributed by atoms with Crippen LogP contribution in [0.25, 0.3) is 16.7 Å². The largest absolute Gasteiger partial charge is 0.505 e. The molecule has 0 spiro atoms. The number of phenolic OH excluding ortho intramolecular Hbond substituents is 1. The van der Waals surface area contributed by atoms with Crippen LogP contribution >= 0.6 is 0 Å². The number of carbonyl (C=O) groups is 1. The number of rotatable bonds is 7. The molecule has 2 atom stereocenters. The van der Waals surface area contributed by atoms with Gasteiger partial charge in [-0.1, -0.05) is 37.6 Å². The summed E-state index contributed by atoms with van der Waals surface area (Å²) >= 11 is 0. The van der Waals surface area contributed by atoms with Gasteiger partial charge >= 0.3 is 5.97 Å². The molecule has 0 fully saturated rings. The molecule has 10 heteroatoms. The van der Waals surface area contributed by atoms with Crippen molar-refractivity contribution < 1.29 is 46.1 Å². The lowest BCUT2D eigenvalue weighted by molar-refractivity contribution is 0.0279. The van der Waals surface area contributed by atoms with Gasteiger partial charge in [0.25, 0.3) is 0 Å². The van der Waals surface area contributed by atoms with Crippen LogP contribution in [0.1, 0.15) is 66.6 Å². The number of ether oxygens (including phenoxy) is 1. The van der Waals surface area contributed by atoms with Crippen LogP contribution in [0.2, 0.25) is 0 Å². The van der Waals surface area contributed by atoms with Gasteiger partial charge in [0.05, 0.1) is 11.7 Å². The Morgan fingerprint density at radius 1 is 0.872 bits per heavy atom. The van der Waals surface area contributed by atoms with Crippen LogP contribution in [0.5, 0.6) is 5.75 Å². The standard InChI is InChI=1S/C29H24F6O4/c1-2-3-21(36)19-10-8-16(23(30)26(19)33)14-4-6-15(7-5-14)39-29(38)20-11-9-17(24(31)27(20)34)18-12-13-22(37)28(35)25(18)32/h4,8-13,15,21,36-37H,2-3,5-7H2,1H3. The Balaban J connectivity index is 1.48. The Morgan fingerprint density at radius 3 is 2.13 bits per heavy atom. The van der Waals surface area contributed by atoms with E-state index < -0.39 is 75.5 Å². The van der Waals surface area contributed by atoms with E-state index in [9.17, 15) is 41.4 Å². The van der Waals surface area contributed by atoms with Crippen LogP contribution in [0.15, 0.2) is 42.5 Å². The van der Waals surface area contributed by atoms with Crippen LogP contribution in [-0.2, 0) is 4.74 Å². The second kappa shape index (κ2) is 11.5. The molecule has 0 aromatic heterocycles. The minimum Gasteiger partial charge on any atom is -0.505 e. The Bertz CT molecular complexity index is 1450. The third kappa shape index (κ3) is 5.52. The van der Waals surface area contributed by atoms with E-state index >= 15 is 0 Å². The number of halogens is 6. The molecule has 0 heterocycles. The molecule has 3 aromatic carbocycles. The second-order valence-corrected chi connectivity index (χ2v) is 9.21. The highest BCUT2D eigenvalue weighted by Crippen LogP contribution is 2.35. The third-order valence-electron chi connectivity index (χ3n) is 6.67. The van der Waals surface area contributed by atoms with Crippen molar-refractivity contribution in [3.63, 3.8) is 0 Å². The number of phenols is 1. The summed E-state index contributed by atoms with van der Waals surface area (Å²) in [5.74, 6) is -10.9. The Hall–Kier alpha value is -3.79. The summed E-state index contributed by atoms with van der Waals surface area (Å²) in [6.07, 6.45) is 1.05. The van der Waals surface area contributed by atoms with Gasteiger partial charge < -0.3 is 14.9 Å². The summed E-state index contributed by atoms with van der Waals surface area (Å²) in [6.45, 7) is 1.81. The average Bonchev–Trinajstić information content (AvgIpc) is 2.91. The van der Waals surface area contributed by atoms with Crippen molar-refractivity contribution >= 4 is 11.5 Å². The monoisotopic (exact) mass is 550 g/mol. The molecule has 0 bridgehead atoms. The van der Waals surface area contributed by atoms with Gasteiger partial charge in [-0.2, -0.15) is 4.39 Å². The minimum atomic E-state index is -1.63. The average molecular weight is 550 g/mol. The molecule has 0 aliphatic heterocycles. The van der Waals surface area contributed by atoms with Crippen molar-refractivity contribution in [3.8, 4) is 16.9 Å². The number of benzene rings is 3. The first-order valence-electron chi connectivity index (χ1n) is 12.3. The Kier molecular flexibility index (Phi) is 8.34. The number of hydrogen-bond donors (Lipinski definition) is 2. The maximum atomic E-state index is 14.7. The summed E-state index contributed by atoms with van der Waals surface area (Å²) in [7, 11) is 0. The molecular weight excluding hydrogens is 526 g/mol. The molecule has 3 aromatic rings. The first kappa shape index (κ1) is 28.2. The molecule has 2 unspecified atom stereocenters. The molecule has 1 aliphatic carbocycles. The quantitative estimate of drug-likeness (QED) is 0.236. The van der Waals surface area contributed by atoms with Gasteiger partial charge in [0.1, 0.15) is 6.10 Å². The molecule has 0 radical (unpaired) electrons. The van der Waals surface area contributed by atoms with Crippen LogP contribution < -0.4 is 0 Å². The molecule has 0 saturated heterocycles. The van der Waals surface area contributed by atoms with E-state index in [1.807, 2.05) is 6.92 Å². The number of esters is 1. The first-order chi connectivity index (χ1) is 18.5. The van der Waals surface area contributed by atoms with Gasteiger partial charge in [0.2, 0.25) is 5.82 Å². The zero-order valence-electron chi connectivity index (χ0n) is 20.7. The van der Waals surface area contributed by atoms with Gasteiger partial charge in [-0.15, -0.1) is 0 Å². The predicted octanol–water partition coefficient (Wildman–Crippen LogP) is 7.52. The number of aliphatic hydroxyl groups excluding tert-OH is 1. The number of aromatic hydroxyl groups is 1. The molecule has 0 saturated carbocycles. The fourth-order valence-electron chi connectivity index (χ4n) is 4.54. The first-order valence-corrected chi connectivity index (χ1v) is 12.3. The molecule has 39 heavy (non-hydrogen) atoms. The van der Waals surface area contributed by atoms with E-state index in [0.29, 0.717) is 12.0 Å². The summed E-state index contributed by atoms with van der Waals surface area (Å²) in [5.41, 5.74) is -1.71. The molecule has 2 N–H and O–H groups in total. The summed E-state index contributed by atoms with van der Waals surface area (Å²) in [5, 5.41) is 19.3. The summed E-state index contributed by atoms with van der Waals surface area (Å²) in [6, 6.07) is 6.12. The van der Waals surface area contributed by atoms with Crippen LogP contribution in [0.4, 0.5) is 26.3 Å². The van der Waals surface area contributed by atoms with E-state index in [1.54, 1.807) is 6.08 Å². The van der Waals surface area contributed by atoms with Crippen molar-refractivity contribution in [2.45, 2.75) is 51.2 Å². The van der Waals surface area contributed by atoms with Gasteiger partial charge in [0.15, 0.2) is 34.8 Å². The maximum Gasteiger partial charge on any atom is 0.341 e. The predicted molar refractivity (Wildman–Crippen MR) is 131 cm³/mol. The molecular formula is C29H24F6O4. The lowest BCUT2D eigenvalue weighted by Crippen LogP contribution is -2.21. The minimum absolute atomic E-state index is 0.0197. The maximum absolute atomic E-state index is 14.7. The van der Waals surface area contributed by atoms with Crippen molar-refractivity contribution in [1.82, 2.24) is 0 Å². The highest BCUT2D eigenvalue weighted by atomic mass is 19.2. The van der Waals surface area contributed by atoms with Crippen molar-refractivity contribution in [1.29, 1.82) is 0 Å². The molecule has 4 nitrogen and oxygen atoms in total. The SMILES string of the molecule is CCCC(O)c1ccc(C2=CCC(OC(=O)c3ccc(-c4ccc(O)c(F)c4F)c(F)c3F)CC2)c(F)c1F. The molecule has 206 valence electrons. The Morgan fingerprint density at radius 2 is 1.49 bits per heavy atom. The topological polar surface area (TPSA) is 66.8 Å². The van der Waals surface area contributed by atoms with Crippen LogP contribution in [-0.4, -0.2) is 22.3 Å². The van der Waals surface area contributed by atoms with Crippen LogP contribution in [0, 0.1) is 34.9 Å². The fraction of sp³-hybridized carbons (Fsp3) is 0.276. The van der Waals surface area contributed by atoms with Gasteiger partial charge in [-0.05, 0) is 43.0 Å². The molecule has 4 rings (SSSR count). The zero-order valence-corrected chi connectivity index (χ0v) is 20.7. The second-order valence-electron chi connectivity index (χ2n) is 9.21. The van der Waals surface area contributed by atoms with Gasteiger partial charge in [-0.25, -0.2) is 26.7 Å². The van der Waals surface area contributed by atoms with Crippen molar-refractivity contribution in [3.05, 3.63) is 94.1 Å². The Labute approximate surface area is 220 Å². The third-order valence-corrected chi connectivity index (χ3v) is 6.67. The van der Waals surface area contributed by atoms with E-state index in [-0.39, 0.29) is 36.8 Å². The zero-order chi connectivity index (χ0) is 28.4. The van der Waals surface area contributed by atoms with Crippen molar-refractivity contribution in [2.24, 2.45) is 0 Å². The normalized spacial score (nSPS) is 16.1. The summed E-state index contributed by atoms with van der Waals surface area (Å²) < 4.78 is 91.8. The number of allylic oxidation sites excluding steroid dienone is 1. The van der Waals surface area contributed by atoms with Gasteiger partial charge in [-0.3, -0.25) is 0 Å². The number of carbonyl (C=O) groups excluding carboxylic acids is 1. The lowest BCUT2D eigenvalue weighted by Gasteiger charge is -2.23. The van der Waals surface area contributed by atoms with E-state index in [2.05, 4.69) is 0 Å². The van der Waals surface area contributed by atoms with E-state index in [0.717, 1.165) is 24.3 Å². The van der Waals surface area contributed by atoms with E-state index in [4.69, 9.17) is 4.74 Å². The summed E-state index contributed by atoms with van der Waals surface area (Å²) in [4.78, 5) is 12.6. The molecule has 0 amide bonds. The number of hydrogen-bond acceptors (Lipinski definition) is 4. The smallest absolute Gasteiger partial charge is 0.341 e. The molecule has 1 aliphatic rings. The van der Waals surface area contributed by atoms with Crippen LogP contribution in [0.3, 0.4) is 0 Å². The fourth-order valence-corrected chi connectivity index (χ4v) is 4.54. The number of aliphatic hydroxyl groups is 1. The lowest BCUT2D eigenvalue weighted by atomic mass is 9.90. The highest BCUT2D eigenvalue weighted by Gasteiger charge is 2.27. The van der Waals surface area contributed by atoms with Crippen molar-refractivity contribution in [2.75, 3.05) is 0 Å².